The van der Waals surface area contributed by atoms with E-state index in [2.05, 4.69) is 5.92 Å². The molecule has 0 aliphatic carbocycles. The van der Waals surface area contributed by atoms with Gasteiger partial charge in [-0.1, -0.05) is 72.1 Å². The van der Waals surface area contributed by atoms with Gasteiger partial charge in [-0.05, 0) is 36.2 Å². The highest BCUT2D eigenvalue weighted by molar-refractivity contribution is 7.89. The molecule has 134 valence electrons. The molecule has 4 rings (SSSR count). The number of nitrogens with zero attached hydrogens (tertiary/aromatic N) is 1. The monoisotopic (exact) mass is 373 g/mol. The lowest BCUT2D eigenvalue weighted by atomic mass is 10.0. The first kappa shape index (κ1) is 17.5. The maximum absolute atomic E-state index is 13.3. The normalized spacial score (nSPS) is 21.4. The van der Waals surface area contributed by atoms with Crippen LogP contribution in [0, 0.1) is 19.3 Å². The fourth-order valence-corrected chi connectivity index (χ4v) is 5.25. The van der Waals surface area contributed by atoms with E-state index in [9.17, 15) is 8.42 Å². The summed E-state index contributed by atoms with van der Waals surface area (Å²) in [6, 6.07) is 23.6. The number of benzene rings is 3. The molecule has 3 unspecified atom stereocenters. The summed E-state index contributed by atoms with van der Waals surface area (Å²) in [6.45, 7) is 1.94. The van der Waals surface area contributed by atoms with Crippen LogP contribution in [0.2, 0.25) is 0 Å². The smallest absolute Gasteiger partial charge is 0.207 e. The van der Waals surface area contributed by atoms with Crippen LogP contribution in [0.3, 0.4) is 0 Å². The molecule has 4 heteroatoms. The van der Waals surface area contributed by atoms with Gasteiger partial charge >= 0.3 is 0 Å². The Morgan fingerprint density at radius 2 is 1.48 bits per heavy atom. The Hall–Kier alpha value is -2.87. The van der Waals surface area contributed by atoms with Crippen molar-refractivity contribution >= 4 is 10.0 Å². The number of hydrogen-bond donors (Lipinski definition) is 0. The van der Waals surface area contributed by atoms with E-state index in [-0.39, 0.29) is 12.1 Å². The van der Waals surface area contributed by atoms with Gasteiger partial charge in [-0.2, -0.15) is 4.31 Å². The zero-order valence-electron chi connectivity index (χ0n) is 14.9. The summed E-state index contributed by atoms with van der Waals surface area (Å²) >= 11 is 0. The van der Waals surface area contributed by atoms with E-state index < -0.39 is 10.0 Å². The van der Waals surface area contributed by atoms with E-state index in [1.807, 2.05) is 73.7 Å². The zero-order valence-corrected chi connectivity index (χ0v) is 15.7. The summed E-state index contributed by atoms with van der Waals surface area (Å²) in [5, 5.41) is 0. The summed E-state index contributed by atoms with van der Waals surface area (Å²) in [4.78, 5) is 0.301. The van der Waals surface area contributed by atoms with E-state index in [0.717, 1.165) is 22.3 Å². The molecule has 1 aliphatic rings. The first-order valence-corrected chi connectivity index (χ1v) is 10.2. The van der Waals surface area contributed by atoms with Gasteiger partial charge in [0.25, 0.3) is 0 Å². The molecule has 0 spiro atoms. The van der Waals surface area contributed by atoms with Gasteiger partial charge in [0.15, 0.2) is 0 Å². The minimum atomic E-state index is -3.64. The van der Waals surface area contributed by atoms with Crippen molar-refractivity contribution in [3.8, 4) is 12.3 Å². The van der Waals surface area contributed by atoms with Crippen molar-refractivity contribution in [3.05, 3.63) is 101 Å². The Morgan fingerprint density at radius 3 is 2.15 bits per heavy atom. The van der Waals surface area contributed by atoms with Crippen LogP contribution in [0.5, 0.6) is 0 Å². The largest absolute Gasteiger partial charge is 0.244 e. The predicted octanol–water partition coefficient (Wildman–Crippen LogP) is 4.46. The molecule has 3 nitrogen and oxygen atoms in total. The van der Waals surface area contributed by atoms with E-state index in [1.54, 1.807) is 16.4 Å². The number of terminal acetylenes is 1. The minimum Gasteiger partial charge on any atom is -0.207 e. The molecule has 1 fully saturated rings. The molecule has 3 aromatic rings. The molecule has 0 amide bonds. The van der Waals surface area contributed by atoms with Crippen LogP contribution in [-0.4, -0.2) is 12.7 Å². The van der Waals surface area contributed by atoms with E-state index >= 15 is 0 Å². The van der Waals surface area contributed by atoms with E-state index in [0.29, 0.717) is 4.90 Å². The third-order valence-corrected chi connectivity index (χ3v) is 6.81. The Labute approximate surface area is 160 Å². The third kappa shape index (κ3) is 3.06. The third-order valence-electron chi connectivity index (χ3n) is 4.93. The molecular weight excluding hydrogens is 354 g/mol. The number of sulfonamides is 1. The second kappa shape index (κ2) is 6.70. The Kier molecular flexibility index (Phi) is 4.35. The van der Waals surface area contributed by atoms with Crippen molar-refractivity contribution in [2.24, 2.45) is 0 Å². The average Bonchev–Trinajstić information content (AvgIpc) is 3.45. The molecule has 0 radical (unpaired) electrons. The summed E-state index contributed by atoms with van der Waals surface area (Å²) < 4.78 is 28.3. The van der Waals surface area contributed by atoms with Gasteiger partial charge in [-0.25, -0.2) is 8.42 Å². The Balaban J connectivity index is 1.82. The van der Waals surface area contributed by atoms with Gasteiger partial charge in [-0.3, -0.25) is 0 Å². The van der Waals surface area contributed by atoms with Crippen LogP contribution in [0.4, 0.5) is 0 Å². The molecule has 1 heterocycles. The zero-order chi connectivity index (χ0) is 19.0. The topological polar surface area (TPSA) is 37.1 Å². The van der Waals surface area contributed by atoms with Crippen molar-refractivity contribution in [2.75, 3.05) is 0 Å². The summed E-state index contributed by atoms with van der Waals surface area (Å²) in [5.74, 6) is 2.69. The van der Waals surface area contributed by atoms with Gasteiger partial charge in [-0.15, -0.1) is 6.42 Å². The lowest BCUT2D eigenvalue weighted by Gasteiger charge is -2.08. The van der Waals surface area contributed by atoms with Crippen molar-refractivity contribution in [3.63, 3.8) is 0 Å². The Bertz CT molecular complexity index is 1110. The van der Waals surface area contributed by atoms with Crippen molar-refractivity contribution in [1.82, 2.24) is 4.31 Å². The first-order chi connectivity index (χ1) is 13.0. The molecule has 3 aromatic carbocycles. The second-order valence-corrected chi connectivity index (χ2v) is 8.52. The standard InChI is InChI=1S/C23H19NO2S/c1-3-18-9-7-8-12-21(18)23-22(19-10-5-4-6-11-19)24(23)27(25,26)20-15-13-17(2)14-16-20/h1,4-16,22-23H,2H3. The molecule has 3 atom stereocenters. The van der Waals surface area contributed by atoms with Gasteiger partial charge in [0.05, 0.1) is 17.0 Å². The number of rotatable bonds is 4. The molecule has 1 saturated heterocycles. The molecular formula is C23H19NO2S. The fraction of sp³-hybridized carbons (Fsp3) is 0.130. The molecule has 0 N–H and O–H groups in total. The SMILES string of the molecule is C#Cc1ccccc1C1C(c2ccccc2)N1S(=O)(=O)c1ccc(C)cc1. The second-order valence-electron chi connectivity index (χ2n) is 6.68. The van der Waals surface area contributed by atoms with Crippen molar-refractivity contribution < 1.29 is 8.42 Å². The van der Waals surface area contributed by atoms with Gasteiger partial charge in [0.2, 0.25) is 10.0 Å². The van der Waals surface area contributed by atoms with Crippen LogP contribution in [0.25, 0.3) is 0 Å². The summed E-state index contributed by atoms with van der Waals surface area (Å²) in [6.07, 6.45) is 5.66. The number of aryl methyl sites for hydroxylation is 1. The maximum atomic E-state index is 13.3. The minimum absolute atomic E-state index is 0.257. The van der Waals surface area contributed by atoms with Gasteiger partial charge in [0.1, 0.15) is 0 Å². The van der Waals surface area contributed by atoms with Gasteiger partial charge < -0.3 is 0 Å². The van der Waals surface area contributed by atoms with Gasteiger partial charge in [0, 0.05) is 5.56 Å². The highest BCUT2D eigenvalue weighted by atomic mass is 32.2. The molecule has 0 saturated carbocycles. The highest BCUT2D eigenvalue weighted by Crippen LogP contribution is 2.58. The van der Waals surface area contributed by atoms with Crippen LogP contribution < -0.4 is 0 Å². The van der Waals surface area contributed by atoms with Crippen LogP contribution in [-0.2, 0) is 10.0 Å². The first-order valence-electron chi connectivity index (χ1n) is 8.75. The average molecular weight is 373 g/mol. The highest BCUT2D eigenvalue weighted by Gasteiger charge is 2.57. The van der Waals surface area contributed by atoms with Crippen LogP contribution >= 0.6 is 0 Å². The molecule has 1 aliphatic heterocycles. The summed E-state index contributed by atoms with van der Waals surface area (Å²) in [5.41, 5.74) is 3.58. The van der Waals surface area contributed by atoms with E-state index in [1.165, 1.54) is 0 Å². The molecule has 27 heavy (non-hydrogen) atoms. The maximum Gasteiger partial charge on any atom is 0.244 e. The Morgan fingerprint density at radius 1 is 0.852 bits per heavy atom. The lowest BCUT2D eigenvalue weighted by Crippen LogP contribution is -2.13. The van der Waals surface area contributed by atoms with Crippen molar-refractivity contribution in [1.29, 1.82) is 0 Å². The van der Waals surface area contributed by atoms with Crippen LogP contribution in [0.15, 0.2) is 83.8 Å². The lowest BCUT2D eigenvalue weighted by molar-refractivity contribution is 0.547. The van der Waals surface area contributed by atoms with Crippen molar-refractivity contribution in [2.45, 2.75) is 23.9 Å². The fourth-order valence-electron chi connectivity index (χ4n) is 3.52. The predicted molar refractivity (Wildman–Crippen MR) is 107 cm³/mol. The molecule has 0 aromatic heterocycles. The van der Waals surface area contributed by atoms with Crippen LogP contribution in [0.1, 0.15) is 34.3 Å². The summed E-state index contributed by atoms with van der Waals surface area (Å²) in [7, 11) is -3.64. The number of hydrogen-bond acceptors (Lipinski definition) is 2. The van der Waals surface area contributed by atoms with E-state index in [4.69, 9.17) is 6.42 Å². The molecule has 0 bridgehead atoms. The quantitative estimate of drug-likeness (QED) is 0.500.